The molecule has 0 amide bonds. The van der Waals surface area contributed by atoms with Gasteiger partial charge in [0.05, 0.1) is 50.6 Å². The van der Waals surface area contributed by atoms with Crippen LogP contribution in [0.5, 0.6) is 0 Å². The Bertz CT molecular complexity index is 2210. The molecule has 8 rings (SSSR count). The van der Waals surface area contributed by atoms with Crippen LogP contribution >= 0.6 is 0 Å². The molecule has 73 heavy (non-hydrogen) atoms. The molecule has 0 bridgehead atoms. The molecular formula is C52H74N8O13. The first-order valence-corrected chi connectivity index (χ1v) is 24.9. The van der Waals surface area contributed by atoms with Gasteiger partial charge in [0.1, 0.15) is 73.2 Å². The van der Waals surface area contributed by atoms with Gasteiger partial charge >= 0.3 is 0 Å². The molecule has 4 aliphatic heterocycles. The van der Waals surface area contributed by atoms with E-state index in [2.05, 4.69) is 0 Å². The van der Waals surface area contributed by atoms with E-state index in [-0.39, 0.29) is 52.6 Å². The molecular weight excluding hydrogens is 945 g/mol. The Labute approximate surface area is 425 Å². The molecule has 21 nitrogen and oxygen atoms in total. The van der Waals surface area contributed by atoms with Gasteiger partial charge in [0, 0.05) is 26.2 Å². The average molecular weight is 1020 g/mol. The summed E-state index contributed by atoms with van der Waals surface area (Å²) in [7, 11) is 0. The molecule has 21 heteroatoms. The molecule has 4 aromatic carbocycles. The fourth-order valence-corrected chi connectivity index (χ4v) is 9.72. The second-order valence-corrected chi connectivity index (χ2v) is 18.8. The minimum absolute atomic E-state index is 0.0571. The highest BCUT2D eigenvalue weighted by Crippen LogP contribution is 2.36. The number of hydrogen-bond donors (Lipinski definition) is 10. The summed E-state index contributed by atoms with van der Waals surface area (Å²) in [5.74, 6) is 0. The highest BCUT2D eigenvalue weighted by Gasteiger charge is 2.55. The van der Waals surface area contributed by atoms with Gasteiger partial charge < -0.3 is 108 Å². The zero-order chi connectivity index (χ0) is 51.4. The van der Waals surface area contributed by atoms with Crippen molar-refractivity contribution in [3.63, 3.8) is 0 Å². The second-order valence-electron chi connectivity index (χ2n) is 18.8. The number of hydrogen-bond acceptors (Lipinski definition) is 21. The minimum Gasteiger partial charge on any atom is -0.388 e. The van der Waals surface area contributed by atoms with Gasteiger partial charge in [0.2, 0.25) is 0 Å². The Hall–Kier alpha value is -3.96. The van der Waals surface area contributed by atoms with Crippen molar-refractivity contribution < 1.29 is 62.3 Å². The lowest BCUT2D eigenvalue weighted by atomic mass is 9.93. The normalized spacial score (nSPS) is 37.0. The van der Waals surface area contributed by atoms with Crippen molar-refractivity contribution in [2.45, 2.75) is 149 Å². The summed E-state index contributed by atoms with van der Waals surface area (Å²) in [5.41, 5.74) is 56.5. The monoisotopic (exact) mass is 1020 g/mol. The van der Waals surface area contributed by atoms with E-state index >= 15 is 0 Å². The van der Waals surface area contributed by atoms with E-state index < -0.39 is 123 Å². The molecule has 0 spiro atoms. The Morgan fingerprint density at radius 1 is 0.342 bits per heavy atom. The van der Waals surface area contributed by atoms with Crippen LogP contribution in [0.25, 0.3) is 0 Å². The predicted octanol–water partition coefficient (Wildman–Crippen LogP) is -1.12. The first kappa shape index (κ1) is 55.3. The van der Waals surface area contributed by atoms with Gasteiger partial charge in [-0.2, -0.15) is 0 Å². The molecule has 18 N–H and O–H groups in total. The van der Waals surface area contributed by atoms with E-state index in [1.165, 1.54) is 0 Å². The maximum absolute atomic E-state index is 11.3. The van der Waals surface area contributed by atoms with Crippen molar-refractivity contribution in [1.29, 1.82) is 0 Å². The largest absolute Gasteiger partial charge is 0.388 e. The van der Waals surface area contributed by atoms with E-state index in [0.717, 1.165) is 22.3 Å². The summed E-state index contributed by atoms with van der Waals surface area (Å²) in [6.07, 6.45) is -16.7. The zero-order valence-corrected chi connectivity index (χ0v) is 40.8. The number of aliphatic hydroxyl groups is 2. The molecule has 4 aliphatic rings. The molecule has 0 unspecified atom stereocenters. The van der Waals surface area contributed by atoms with Gasteiger partial charge in [-0.25, -0.2) is 0 Å². The van der Waals surface area contributed by atoms with Gasteiger partial charge in [-0.05, 0) is 22.3 Å². The third-order valence-corrected chi connectivity index (χ3v) is 13.8. The van der Waals surface area contributed by atoms with Crippen LogP contribution in [0.4, 0.5) is 0 Å². The first-order valence-electron chi connectivity index (χ1n) is 24.9. The van der Waals surface area contributed by atoms with Crippen LogP contribution in [0.2, 0.25) is 0 Å². The molecule has 0 radical (unpaired) electrons. The Morgan fingerprint density at radius 2 is 0.616 bits per heavy atom. The van der Waals surface area contributed by atoms with Crippen LogP contribution in [0.3, 0.4) is 0 Å². The molecule has 0 saturated carbocycles. The lowest BCUT2D eigenvalue weighted by molar-refractivity contribution is -0.358. The quantitative estimate of drug-likeness (QED) is 0.0446. The zero-order valence-electron chi connectivity index (χ0n) is 40.8. The smallest absolute Gasteiger partial charge is 0.176 e. The highest BCUT2D eigenvalue weighted by atomic mass is 16.8. The van der Waals surface area contributed by atoms with Gasteiger partial charge in [0.25, 0.3) is 0 Å². The van der Waals surface area contributed by atoms with Crippen molar-refractivity contribution in [2.75, 3.05) is 26.2 Å². The molecule has 4 fully saturated rings. The summed E-state index contributed by atoms with van der Waals surface area (Å²) in [6, 6.07) is 33.9. The van der Waals surface area contributed by atoms with Crippen LogP contribution in [0.1, 0.15) is 22.3 Å². The summed E-state index contributed by atoms with van der Waals surface area (Å²) in [5, 5.41) is 22.2. The van der Waals surface area contributed by atoms with Crippen LogP contribution in [-0.2, 0) is 78.5 Å². The van der Waals surface area contributed by atoms with E-state index in [1.54, 1.807) is 0 Å². The van der Waals surface area contributed by atoms with Crippen molar-refractivity contribution in [2.24, 2.45) is 45.9 Å². The third-order valence-electron chi connectivity index (χ3n) is 13.8. The first-order chi connectivity index (χ1) is 35.5. The number of rotatable bonds is 22. The highest BCUT2D eigenvalue weighted by molar-refractivity contribution is 5.17. The molecule has 400 valence electrons. The Balaban J connectivity index is 1.05. The van der Waals surface area contributed by atoms with Gasteiger partial charge in [-0.1, -0.05) is 121 Å². The van der Waals surface area contributed by atoms with Crippen molar-refractivity contribution in [3.05, 3.63) is 144 Å². The Morgan fingerprint density at radius 3 is 0.945 bits per heavy atom. The van der Waals surface area contributed by atoms with E-state index in [4.69, 9.17) is 98.0 Å². The summed E-state index contributed by atoms with van der Waals surface area (Å²) < 4.78 is 71.7. The topological polar surface area (TPSA) is 350 Å². The lowest BCUT2D eigenvalue weighted by Gasteiger charge is -2.51. The van der Waals surface area contributed by atoms with E-state index in [9.17, 15) is 10.2 Å². The molecule has 0 aliphatic carbocycles. The average Bonchev–Trinajstić information content (AvgIpc) is 3.42. The SMILES string of the molecule is NC[C@H]1O[C@H](O[C@H]2[C@H](OCc3ccccc3)[C@@H](N)[C@@H](O[C@H]3[C@H](OCc4ccccc4)[C@@H](N)[C@@H](O[C@H]4[C@H](OCc5ccccc5)[C@@H](N)[C@@H](O)O[C@@H]4CN)O[C@@H]3CN)O[C@@H]2CN)[C@H](N)[C@@H](OCc2ccccc2)[C@@H]1O. The third kappa shape index (κ3) is 13.5. The fourth-order valence-electron chi connectivity index (χ4n) is 9.72. The molecule has 20 atom stereocenters. The van der Waals surface area contributed by atoms with Crippen LogP contribution < -0.4 is 45.9 Å². The van der Waals surface area contributed by atoms with Crippen molar-refractivity contribution in [3.8, 4) is 0 Å². The van der Waals surface area contributed by atoms with Gasteiger partial charge in [-0.3, -0.25) is 0 Å². The molecule has 0 aromatic heterocycles. The maximum Gasteiger partial charge on any atom is 0.176 e. The van der Waals surface area contributed by atoms with E-state index in [1.807, 2.05) is 121 Å². The van der Waals surface area contributed by atoms with E-state index in [0.29, 0.717) is 0 Å². The number of aliphatic hydroxyl groups excluding tert-OH is 2. The summed E-state index contributed by atoms with van der Waals surface area (Å²) in [6.45, 7) is 0.229. The second kappa shape index (κ2) is 26.7. The predicted molar refractivity (Wildman–Crippen MR) is 266 cm³/mol. The van der Waals surface area contributed by atoms with Gasteiger partial charge in [-0.15, -0.1) is 0 Å². The fraction of sp³-hybridized carbons (Fsp3) is 0.538. The maximum atomic E-state index is 11.3. The molecule has 4 saturated heterocycles. The summed E-state index contributed by atoms with van der Waals surface area (Å²) in [4.78, 5) is 0. The van der Waals surface area contributed by atoms with Crippen LogP contribution in [-0.4, -0.2) is 159 Å². The number of nitrogens with two attached hydrogens (primary N) is 8. The number of ether oxygens (including phenoxy) is 11. The van der Waals surface area contributed by atoms with Crippen LogP contribution in [0, 0.1) is 0 Å². The molecule has 4 aromatic rings. The van der Waals surface area contributed by atoms with Crippen molar-refractivity contribution >= 4 is 0 Å². The molecule has 4 heterocycles. The lowest BCUT2D eigenvalue weighted by Crippen LogP contribution is -2.71. The minimum atomic E-state index is -1.40. The number of benzene rings is 4. The Kier molecular flexibility index (Phi) is 20.2. The van der Waals surface area contributed by atoms with Crippen molar-refractivity contribution in [1.82, 2.24) is 0 Å². The van der Waals surface area contributed by atoms with Gasteiger partial charge in [0.15, 0.2) is 25.2 Å². The summed E-state index contributed by atoms with van der Waals surface area (Å²) >= 11 is 0. The standard InChI is InChI=1S/C52H74N8O13/c53-21-33-41(61)45(63-25-29-13-5-1-6-14-29)38(58)50(68-33)72-43-35(23-55)70-52(40(60)47(43)65-27-31-17-9-3-10-18-31)73-44-36(24-56)69-51(39(59)48(44)66-28-32-19-11-4-12-20-32)71-42-34(22-54)67-49(62)37(57)46(42)64-26-30-15-7-2-8-16-30/h1-20,33-52,61-62H,21-28,53-60H2/t33-,34-,35-,36-,37-,38-,39-,40-,41-,42-,43-,44-,45-,46-,47-,48-,49+,50-,51-,52-/m1/s1. The van der Waals surface area contributed by atoms with Crippen LogP contribution in [0.15, 0.2) is 121 Å².